The topological polar surface area (TPSA) is 30.2 Å². The predicted molar refractivity (Wildman–Crippen MR) is 71.5 cm³/mol. The molecular weight excluding hydrogens is 336 g/mol. The predicted octanol–water partition coefficient (Wildman–Crippen LogP) is 5.68. The van der Waals surface area contributed by atoms with E-state index in [4.69, 9.17) is 27.6 Å². The van der Waals surface area contributed by atoms with E-state index in [1.54, 1.807) is 0 Å². The highest BCUT2D eigenvalue weighted by molar-refractivity contribution is 8.00. The maximum Gasteiger partial charge on any atom is 0.446 e. The normalized spacial score (nSPS) is 11.7. The zero-order valence-electron chi connectivity index (χ0n) is 9.50. The molecule has 0 aliphatic heterocycles. The van der Waals surface area contributed by atoms with Gasteiger partial charge in [-0.1, -0.05) is 23.2 Å². The van der Waals surface area contributed by atoms with E-state index in [9.17, 15) is 18.0 Å². The molecule has 0 aliphatic rings. The lowest BCUT2D eigenvalue weighted by Gasteiger charge is -2.09. The fourth-order valence-electron chi connectivity index (χ4n) is 1.53. The lowest BCUT2D eigenvalue weighted by molar-refractivity contribution is -0.0328. The highest BCUT2D eigenvalue weighted by Crippen LogP contribution is 2.43. The van der Waals surface area contributed by atoms with Crippen molar-refractivity contribution in [3.05, 3.63) is 40.1 Å². The average Bonchev–Trinajstić information content (AvgIpc) is 2.74. The molecule has 0 atom stereocenters. The number of carbonyl (C=O) groups is 1. The summed E-state index contributed by atoms with van der Waals surface area (Å²) in [6, 6.07) is 5.16. The Labute approximate surface area is 125 Å². The van der Waals surface area contributed by atoms with Crippen molar-refractivity contribution in [2.75, 3.05) is 0 Å². The molecule has 0 N–H and O–H groups in total. The van der Waals surface area contributed by atoms with Gasteiger partial charge in [-0.05, 0) is 36.0 Å². The van der Waals surface area contributed by atoms with E-state index < -0.39 is 5.51 Å². The molecule has 0 saturated heterocycles. The van der Waals surface area contributed by atoms with Crippen LogP contribution < -0.4 is 0 Å². The maximum absolute atomic E-state index is 12.3. The Balaban J connectivity index is 2.43. The number of carbonyl (C=O) groups excluding carboxylic acids is 1. The van der Waals surface area contributed by atoms with Crippen LogP contribution in [0.25, 0.3) is 11.3 Å². The van der Waals surface area contributed by atoms with Gasteiger partial charge in [0.15, 0.2) is 12.0 Å². The van der Waals surface area contributed by atoms with Gasteiger partial charge in [0.2, 0.25) is 0 Å². The molecule has 0 aliphatic carbocycles. The molecule has 1 heterocycles. The van der Waals surface area contributed by atoms with Gasteiger partial charge in [0.05, 0.1) is 15.6 Å². The monoisotopic (exact) mass is 340 g/mol. The molecule has 0 spiro atoms. The highest BCUT2D eigenvalue weighted by atomic mass is 35.5. The minimum atomic E-state index is -4.43. The van der Waals surface area contributed by atoms with Gasteiger partial charge in [-0.3, -0.25) is 4.79 Å². The number of hydrogen-bond donors (Lipinski definition) is 0. The molecule has 0 bridgehead atoms. The van der Waals surface area contributed by atoms with Crippen molar-refractivity contribution in [2.45, 2.75) is 10.4 Å². The maximum atomic E-state index is 12.3. The first kappa shape index (κ1) is 15.3. The Morgan fingerprint density at radius 2 is 1.75 bits per heavy atom. The summed E-state index contributed by atoms with van der Waals surface area (Å²) in [5.41, 5.74) is -4.18. The lowest BCUT2D eigenvalue weighted by atomic mass is 10.2. The number of alkyl halides is 3. The number of furan rings is 1. The van der Waals surface area contributed by atoms with Crippen molar-refractivity contribution < 1.29 is 22.4 Å². The van der Waals surface area contributed by atoms with Crippen LogP contribution in [0.4, 0.5) is 13.2 Å². The Bertz CT molecular complexity index is 629. The molecule has 20 heavy (non-hydrogen) atoms. The molecule has 0 saturated carbocycles. The number of rotatable bonds is 3. The second-order valence-corrected chi connectivity index (χ2v) is 5.58. The summed E-state index contributed by atoms with van der Waals surface area (Å²) in [5.74, 6) is 0.284. The van der Waals surface area contributed by atoms with Crippen LogP contribution in [0.2, 0.25) is 10.0 Å². The van der Waals surface area contributed by atoms with Crippen molar-refractivity contribution in [3.63, 3.8) is 0 Å². The first-order chi connectivity index (χ1) is 9.30. The van der Waals surface area contributed by atoms with Crippen molar-refractivity contribution >= 4 is 41.2 Å². The first-order valence-electron chi connectivity index (χ1n) is 5.10. The third-order valence-electron chi connectivity index (χ3n) is 2.24. The van der Waals surface area contributed by atoms with Crippen molar-refractivity contribution in [3.8, 4) is 11.3 Å². The van der Waals surface area contributed by atoms with E-state index in [0.29, 0.717) is 6.29 Å². The van der Waals surface area contributed by atoms with Crippen LogP contribution in [0, 0.1) is 0 Å². The van der Waals surface area contributed by atoms with Gasteiger partial charge >= 0.3 is 5.51 Å². The zero-order valence-corrected chi connectivity index (χ0v) is 11.8. The fourth-order valence-corrected chi connectivity index (χ4v) is 2.95. The van der Waals surface area contributed by atoms with Crippen LogP contribution in [0.1, 0.15) is 10.6 Å². The molecule has 0 fully saturated rings. The summed E-state index contributed by atoms with van der Waals surface area (Å²) in [4.78, 5) is 10.4. The van der Waals surface area contributed by atoms with Gasteiger partial charge in [0, 0.05) is 4.90 Å². The van der Waals surface area contributed by atoms with Crippen LogP contribution in [0.15, 0.2) is 33.6 Å². The second-order valence-electron chi connectivity index (χ2n) is 3.63. The molecule has 0 unspecified atom stereocenters. The van der Waals surface area contributed by atoms with E-state index in [1.165, 1.54) is 12.1 Å². The van der Waals surface area contributed by atoms with E-state index in [2.05, 4.69) is 0 Å². The zero-order chi connectivity index (χ0) is 14.9. The number of aldehydes is 1. The van der Waals surface area contributed by atoms with Crippen LogP contribution in [-0.4, -0.2) is 11.8 Å². The van der Waals surface area contributed by atoms with Crippen molar-refractivity contribution in [1.82, 2.24) is 0 Å². The van der Waals surface area contributed by atoms with Crippen molar-refractivity contribution in [2.24, 2.45) is 0 Å². The molecule has 0 radical (unpaired) electrons. The molecule has 1 aromatic heterocycles. The smallest absolute Gasteiger partial charge is 0.446 e. The van der Waals surface area contributed by atoms with Crippen LogP contribution >= 0.6 is 35.0 Å². The van der Waals surface area contributed by atoms with Gasteiger partial charge in [0.1, 0.15) is 5.76 Å². The van der Waals surface area contributed by atoms with Gasteiger partial charge in [0.25, 0.3) is 0 Å². The summed E-state index contributed by atoms with van der Waals surface area (Å²) in [7, 11) is 0. The summed E-state index contributed by atoms with van der Waals surface area (Å²) in [6.45, 7) is 0. The summed E-state index contributed by atoms with van der Waals surface area (Å²) in [6.07, 6.45) is 0.499. The summed E-state index contributed by atoms with van der Waals surface area (Å²) in [5, 5.41) is 0.0205. The fraction of sp³-hybridized carbons (Fsp3) is 0.0833. The molecule has 1 aromatic carbocycles. The average molecular weight is 341 g/mol. The number of benzene rings is 1. The summed E-state index contributed by atoms with van der Waals surface area (Å²) < 4.78 is 42.0. The SMILES string of the molecule is O=Cc1ccc(-c2c(Cl)cc(SC(F)(F)F)cc2Cl)o1. The molecule has 2 rings (SSSR count). The number of hydrogen-bond acceptors (Lipinski definition) is 3. The molecule has 2 aromatic rings. The van der Waals surface area contributed by atoms with Crippen molar-refractivity contribution in [1.29, 1.82) is 0 Å². The minimum absolute atomic E-state index is 0.0102. The van der Waals surface area contributed by atoms with Crippen LogP contribution in [-0.2, 0) is 0 Å². The first-order valence-corrected chi connectivity index (χ1v) is 6.67. The van der Waals surface area contributed by atoms with Gasteiger partial charge < -0.3 is 4.42 Å². The van der Waals surface area contributed by atoms with E-state index in [-0.39, 0.29) is 43.8 Å². The Morgan fingerprint density at radius 3 is 2.20 bits per heavy atom. The van der Waals surface area contributed by atoms with Crippen LogP contribution in [0.5, 0.6) is 0 Å². The van der Waals surface area contributed by atoms with E-state index in [1.807, 2.05) is 0 Å². The quantitative estimate of drug-likeness (QED) is 0.532. The van der Waals surface area contributed by atoms with E-state index >= 15 is 0 Å². The second kappa shape index (κ2) is 5.71. The Morgan fingerprint density at radius 1 is 1.15 bits per heavy atom. The molecule has 106 valence electrons. The van der Waals surface area contributed by atoms with Gasteiger partial charge in [-0.2, -0.15) is 13.2 Å². The molecule has 8 heteroatoms. The number of thioether (sulfide) groups is 1. The molecule has 0 amide bonds. The largest absolute Gasteiger partial charge is 0.453 e. The standard InChI is InChI=1S/C12H5Cl2F3O2S/c13-8-3-7(20-12(15,16)17)4-9(14)11(8)10-2-1-6(5-18)19-10/h1-5H. The number of halogens is 5. The minimum Gasteiger partial charge on any atom is -0.453 e. The van der Waals surface area contributed by atoms with E-state index in [0.717, 1.165) is 12.1 Å². The van der Waals surface area contributed by atoms with Gasteiger partial charge in [-0.15, -0.1) is 0 Å². The third-order valence-corrected chi connectivity index (χ3v) is 3.54. The Hall–Kier alpha value is -1.11. The Kier molecular flexibility index (Phi) is 4.36. The molecule has 2 nitrogen and oxygen atoms in total. The molecular formula is C12H5Cl2F3O2S. The lowest BCUT2D eigenvalue weighted by Crippen LogP contribution is -1.99. The summed E-state index contributed by atoms with van der Waals surface area (Å²) >= 11 is 11.6. The third kappa shape index (κ3) is 3.50. The van der Waals surface area contributed by atoms with Crippen LogP contribution in [0.3, 0.4) is 0 Å². The van der Waals surface area contributed by atoms with Gasteiger partial charge in [-0.25, -0.2) is 0 Å². The highest BCUT2D eigenvalue weighted by Gasteiger charge is 2.30.